The average Bonchev–Trinajstić information content (AvgIpc) is 2.37. The van der Waals surface area contributed by atoms with Gasteiger partial charge in [-0.15, -0.1) is 5.10 Å². The Morgan fingerprint density at radius 3 is 2.40 bits per heavy atom. The van der Waals surface area contributed by atoms with Gasteiger partial charge in [-0.2, -0.15) is 5.10 Å². The lowest BCUT2D eigenvalue weighted by atomic mass is 10.00. The topological polar surface area (TPSA) is 67.1 Å². The molecular weight excluding hydrogens is 270 g/mol. The molecule has 0 bridgehead atoms. The van der Waals surface area contributed by atoms with Gasteiger partial charge in [0.2, 0.25) is 0 Å². The predicted octanol–water partition coefficient (Wildman–Crippen LogP) is 2.32. The molecule has 0 aliphatic carbocycles. The van der Waals surface area contributed by atoms with Crippen molar-refractivity contribution in [1.82, 2.24) is 15.2 Å². The first kappa shape index (κ1) is 15.1. The second-order valence-electron chi connectivity index (χ2n) is 5.65. The van der Waals surface area contributed by atoms with Crippen LogP contribution in [0, 0.1) is 13.8 Å². The van der Waals surface area contributed by atoms with Crippen LogP contribution in [0.2, 0.25) is 0 Å². The number of hydrazine groups is 1. The van der Waals surface area contributed by atoms with Gasteiger partial charge in [-0.1, -0.05) is 18.6 Å². The maximum absolute atomic E-state index is 5.86. The van der Waals surface area contributed by atoms with Crippen molar-refractivity contribution in [3.05, 3.63) is 16.8 Å². The van der Waals surface area contributed by atoms with Gasteiger partial charge in [-0.25, -0.2) is 5.01 Å². The number of thiocarbonyl (C=S) groups is 1. The summed E-state index contributed by atoms with van der Waals surface area (Å²) in [6, 6.07) is 0.919. The van der Waals surface area contributed by atoms with Gasteiger partial charge in [0, 0.05) is 12.1 Å². The van der Waals surface area contributed by atoms with Crippen LogP contribution in [0.25, 0.3) is 0 Å². The maximum Gasteiger partial charge on any atom is 0.173 e. The lowest BCUT2D eigenvalue weighted by molar-refractivity contribution is 0.135. The molecule has 0 spiro atoms. The molecule has 2 heterocycles. The number of nitrogens with zero attached hydrogens (tertiary/aromatic N) is 3. The predicted molar refractivity (Wildman–Crippen MR) is 85.6 cm³/mol. The Kier molecular flexibility index (Phi) is 4.55. The van der Waals surface area contributed by atoms with Crippen LogP contribution >= 0.6 is 12.2 Å². The number of rotatable bonds is 3. The van der Waals surface area contributed by atoms with Crippen molar-refractivity contribution in [3.63, 3.8) is 0 Å². The number of aromatic nitrogens is 2. The molecule has 1 aromatic heterocycles. The van der Waals surface area contributed by atoms with E-state index in [-0.39, 0.29) is 0 Å². The minimum Gasteiger partial charge on any atom is -0.389 e. The molecule has 0 amide bonds. The number of hydrogen-bond donors (Lipinski definition) is 2. The number of anilines is 1. The first-order chi connectivity index (χ1) is 9.41. The van der Waals surface area contributed by atoms with Gasteiger partial charge in [-0.3, -0.25) is 0 Å². The molecule has 1 fully saturated rings. The minimum absolute atomic E-state index is 0.361. The summed E-state index contributed by atoms with van der Waals surface area (Å²) >= 11 is 5.17. The molecule has 1 aromatic rings. The van der Waals surface area contributed by atoms with Crippen LogP contribution in [0.1, 0.15) is 49.9 Å². The smallest absolute Gasteiger partial charge is 0.173 e. The Balaban J connectivity index is 2.33. The van der Waals surface area contributed by atoms with E-state index >= 15 is 0 Å². The van der Waals surface area contributed by atoms with Gasteiger partial charge in [0.15, 0.2) is 5.82 Å². The highest BCUT2D eigenvalue weighted by Crippen LogP contribution is 2.25. The summed E-state index contributed by atoms with van der Waals surface area (Å²) in [6.45, 7) is 8.34. The van der Waals surface area contributed by atoms with Crippen LogP contribution in [0.5, 0.6) is 0 Å². The van der Waals surface area contributed by atoms with Gasteiger partial charge < -0.3 is 11.2 Å². The molecule has 1 aliphatic rings. The Morgan fingerprint density at radius 2 is 1.85 bits per heavy atom. The van der Waals surface area contributed by atoms with Crippen LogP contribution in [0.15, 0.2) is 0 Å². The van der Waals surface area contributed by atoms with Crippen molar-refractivity contribution >= 4 is 23.0 Å². The fourth-order valence-electron chi connectivity index (χ4n) is 2.75. The first-order valence-electron chi connectivity index (χ1n) is 7.10. The lowest BCUT2D eigenvalue weighted by Gasteiger charge is -2.39. The summed E-state index contributed by atoms with van der Waals surface area (Å²) in [5, 5.41) is 10.7. The molecule has 2 atom stereocenters. The molecule has 0 aromatic carbocycles. The monoisotopic (exact) mass is 293 g/mol. The van der Waals surface area contributed by atoms with Crippen molar-refractivity contribution in [1.29, 1.82) is 0 Å². The van der Waals surface area contributed by atoms with Gasteiger partial charge in [-0.05, 0) is 46.1 Å². The number of nitrogens with one attached hydrogen (secondary N) is 1. The third-order valence-electron chi connectivity index (χ3n) is 4.13. The molecule has 0 saturated carbocycles. The molecule has 5 nitrogen and oxygen atoms in total. The summed E-state index contributed by atoms with van der Waals surface area (Å²) in [4.78, 5) is 0.361. The zero-order valence-electron chi connectivity index (χ0n) is 12.6. The molecule has 2 rings (SSSR count). The van der Waals surface area contributed by atoms with Gasteiger partial charge >= 0.3 is 0 Å². The van der Waals surface area contributed by atoms with Crippen LogP contribution in [-0.2, 0) is 0 Å². The van der Waals surface area contributed by atoms with Crippen LogP contribution in [0.3, 0.4) is 0 Å². The molecule has 2 unspecified atom stereocenters. The number of aryl methyl sites for hydroxylation is 1. The molecule has 1 saturated heterocycles. The standard InChI is InChI=1S/C14H23N5S/c1-8-6-5-7-9(2)19(8)18-14-12(13(15)20)10(3)11(4)16-17-14/h8-9H,5-7H2,1-4H3,(H2,15,20)(H,17,18). The summed E-state index contributed by atoms with van der Waals surface area (Å²) in [5.41, 5.74) is 11.9. The zero-order valence-corrected chi connectivity index (χ0v) is 13.4. The normalized spacial score (nSPS) is 23.6. The molecule has 0 radical (unpaired) electrons. The van der Waals surface area contributed by atoms with E-state index in [0.717, 1.165) is 16.8 Å². The van der Waals surface area contributed by atoms with E-state index in [1.165, 1.54) is 19.3 Å². The van der Waals surface area contributed by atoms with Crippen molar-refractivity contribution in [2.45, 2.75) is 59.0 Å². The van der Waals surface area contributed by atoms with E-state index < -0.39 is 0 Å². The van der Waals surface area contributed by atoms with Crippen molar-refractivity contribution in [3.8, 4) is 0 Å². The minimum atomic E-state index is 0.361. The van der Waals surface area contributed by atoms with Crippen LogP contribution in [0.4, 0.5) is 5.82 Å². The molecule has 6 heteroatoms. The Morgan fingerprint density at radius 1 is 1.25 bits per heavy atom. The SMILES string of the molecule is Cc1nnc(NN2C(C)CCCC2C)c(C(N)=S)c1C. The molecule has 1 aliphatic heterocycles. The fraction of sp³-hybridized carbons (Fsp3) is 0.643. The van der Waals surface area contributed by atoms with Crippen LogP contribution < -0.4 is 11.2 Å². The van der Waals surface area contributed by atoms with E-state index in [1.807, 2.05) is 13.8 Å². The maximum atomic E-state index is 5.86. The summed E-state index contributed by atoms with van der Waals surface area (Å²) in [5.74, 6) is 0.668. The number of hydrogen-bond acceptors (Lipinski definition) is 5. The zero-order chi connectivity index (χ0) is 14.9. The summed E-state index contributed by atoms with van der Waals surface area (Å²) in [7, 11) is 0. The van der Waals surface area contributed by atoms with E-state index in [2.05, 4.69) is 34.5 Å². The van der Waals surface area contributed by atoms with Crippen molar-refractivity contribution < 1.29 is 0 Å². The first-order valence-corrected chi connectivity index (χ1v) is 7.51. The van der Waals surface area contributed by atoms with Crippen LogP contribution in [-0.4, -0.2) is 32.3 Å². The fourth-order valence-corrected chi connectivity index (χ4v) is 3.00. The summed E-state index contributed by atoms with van der Waals surface area (Å²) < 4.78 is 0. The Labute approximate surface area is 125 Å². The van der Waals surface area contributed by atoms with E-state index in [4.69, 9.17) is 18.0 Å². The number of nitrogens with two attached hydrogens (primary N) is 1. The highest BCUT2D eigenvalue weighted by Gasteiger charge is 2.26. The summed E-state index contributed by atoms with van der Waals surface area (Å²) in [6.07, 6.45) is 3.62. The van der Waals surface area contributed by atoms with Gasteiger partial charge in [0.05, 0.1) is 11.3 Å². The van der Waals surface area contributed by atoms with E-state index in [0.29, 0.717) is 22.9 Å². The molecule has 3 N–H and O–H groups in total. The highest BCUT2D eigenvalue weighted by molar-refractivity contribution is 7.80. The third kappa shape index (κ3) is 2.91. The Bertz CT molecular complexity index is 507. The van der Waals surface area contributed by atoms with E-state index in [1.54, 1.807) is 0 Å². The van der Waals surface area contributed by atoms with Crippen molar-refractivity contribution in [2.24, 2.45) is 5.73 Å². The average molecular weight is 293 g/mol. The highest BCUT2D eigenvalue weighted by atomic mass is 32.1. The second kappa shape index (κ2) is 6.01. The molecule has 110 valence electrons. The quantitative estimate of drug-likeness (QED) is 0.834. The Hall–Kier alpha value is -1.27. The van der Waals surface area contributed by atoms with E-state index in [9.17, 15) is 0 Å². The lowest BCUT2D eigenvalue weighted by Crippen LogP contribution is -2.47. The third-order valence-corrected chi connectivity index (χ3v) is 4.33. The van der Waals surface area contributed by atoms with Crippen molar-refractivity contribution in [2.75, 3.05) is 5.43 Å². The van der Waals surface area contributed by atoms with Gasteiger partial charge in [0.25, 0.3) is 0 Å². The second-order valence-corrected chi connectivity index (χ2v) is 6.09. The molecule has 20 heavy (non-hydrogen) atoms. The van der Waals surface area contributed by atoms with Gasteiger partial charge in [0.1, 0.15) is 4.99 Å². The largest absolute Gasteiger partial charge is 0.389 e. The molecular formula is C14H23N5S. The number of piperidine rings is 1.